The predicted octanol–water partition coefficient (Wildman–Crippen LogP) is 2.91. The molecule has 6 heteroatoms. The number of benzene rings is 1. The van der Waals surface area contributed by atoms with Gasteiger partial charge in [0.25, 0.3) is 0 Å². The van der Waals surface area contributed by atoms with Crippen LogP contribution in [0.5, 0.6) is 0 Å². The Labute approximate surface area is 168 Å². The van der Waals surface area contributed by atoms with Gasteiger partial charge in [0.15, 0.2) is 0 Å². The molecule has 1 aliphatic carbocycles. The molecule has 1 heterocycles. The number of hydrogen-bond donors (Lipinski definition) is 2. The van der Waals surface area contributed by atoms with Crippen LogP contribution >= 0.6 is 0 Å². The Morgan fingerprint density at radius 3 is 2.25 bits per heavy atom. The van der Waals surface area contributed by atoms with E-state index in [1.165, 1.54) is 19.3 Å². The zero-order chi connectivity index (χ0) is 19.9. The van der Waals surface area contributed by atoms with E-state index < -0.39 is 0 Å². The molecule has 1 aromatic carbocycles. The lowest BCUT2D eigenvalue weighted by Crippen LogP contribution is -2.57. The fourth-order valence-corrected chi connectivity index (χ4v) is 4.15. The van der Waals surface area contributed by atoms with E-state index in [-0.39, 0.29) is 24.0 Å². The van der Waals surface area contributed by atoms with Crippen LogP contribution in [0.1, 0.15) is 57.6 Å². The Bertz CT molecular complexity index is 637. The highest BCUT2D eigenvalue weighted by Crippen LogP contribution is 2.18. The number of carbonyl (C=O) groups is 2. The largest absolute Gasteiger partial charge is 0.348 e. The number of hydrogen-bond acceptors (Lipinski definition) is 3. The van der Waals surface area contributed by atoms with Crippen LogP contribution in [0.15, 0.2) is 30.3 Å². The maximum absolute atomic E-state index is 12.7. The van der Waals surface area contributed by atoms with Gasteiger partial charge in [0.2, 0.25) is 5.91 Å². The van der Waals surface area contributed by atoms with Crippen LogP contribution < -0.4 is 10.6 Å². The molecule has 0 radical (unpaired) electrons. The molecule has 2 atom stereocenters. The molecule has 3 rings (SSSR count). The van der Waals surface area contributed by atoms with E-state index in [4.69, 9.17) is 0 Å². The van der Waals surface area contributed by atoms with Crippen molar-refractivity contribution in [2.45, 2.75) is 64.1 Å². The molecule has 2 N–H and O–H groups in total. The Morgan fingerprint density at radius 2 is 1.61 bits per heavy atom. The summed E-state index contributed by atoms with van der Waals surface area (Å²) in [6, 6.07) is 10.2. The van der Waals surface area contributed by atoms with E-state index in [0.717, 1.165) is 31.5 Å². The van der Waals surface area contributed by atoms with Gasteiger partial charge in [-0.05, 0) is 32.3 Å². The average Bonchev–Trinajstić information content (AvgIpc) is 2.74. The van der Waals surface area contributed by atoms with Crippen LogP contribution in [0.25, 0.3) is 0 Å². The summed E-state index contributed by atoms with van der Waals surface area (Å²) in [5, 5.41) is 6.30. The van der Waals surface area contributed by atoms with Crippen molar-refractivity contribution in [3.05, 3.63) is 35.9 Å². The highest BCUT2D eigenvalue weighted by atomic mass is 16.2. The summed E-state index contributed by atoms with van der Waals surface area (Å²) in [6.45, 7) is 6.76. The second kappa shape index (κ2) is 9.92. The van der Waals surface area contributed by atoms with Crippen molar-refractivity contribution in [1.29, 1.82) is 0 Å². The highest BCUT2D eigenvalue weighted by molar-refractivity contribution is 5.81. The van der Waals surface area contributed by atoms with Crippen molar-refractivity contribution >= 4 is 11.9 Å². The molecule has 154 valence electrons. The van der Waals surface area contributed by atoms with E-state index in [0.29, 0.717) is 19.1 Å². The molecule has 2 fully saturated rings. The SMILES string of the molecule is CC(NC(=O)C(C)N1CCN(C(=O)NC2CCCCC2)CC1)c1ccccc1. The predicted molar refractivity (Wildman–Crippen MR) is 111 cm³/mol. The normalized spacial score (nSPS) is 21.0. The molecule has 28 heavy (non-hydrogen) atoms. The Balaban J connectivity index is 1.43. The molecule has 2 aliphatic rings. The van der Waals surface area contributed by atoms with Crippen molar-refractivity contribution in [2.24, 2.45) is 0 Å². The minimum atomic E-state index is -0.199. The number of nitrogens with one attached hydrogen (secondary N) is 2. The second-order valence-electron chi connectivity index (χ2n) is 8.12. The number of carbonyl (C=O) groups excluding carboxylic acids is 2. The summed E-state index contributed by atoms with van der Waals surface area (Å²) in [5.74, 6) is 0.0384. The quantitative estimate of drug-likeness (QED) is 0.818. The van der Waals surface area contributed by atoms with Crippen molar-refractivity contribution in [2.75, 3.05) is 26.2 Å². The maximum Gasteiger partial charge on any atom is 0.317 e. The van der Waals surface area contributed by atoms with Gasteiger partial charge in [-0.25, -0.2) is 4.79 Å². The van der Waals surface area contributed by atoms with E-state index in [2.05, 4.69) is 15.5 Å². The molecule has 3 amide bonds. The lowest BCUT2D eigenvalue weighted by molar-refractivity contribution is -0.127. The topological polar surface area (TPSA) is 64.7 Å². The van der Waals surface area contributed by atoms with Crippen LogP contribution in [-0.4, -0.2) is 60.0 Å². The summed E-state index contributed by atoms with van der Waals surface area (Å²) in [5.41, 5.74) is 1.10. The average molecular weight is 387 g/mol. The third kappa shape index (κ3) is 5.47. The molecule has 0 spiro atoms. The van der Waals surface area contributed by atoms with Crippen LogP contribution in [0.2, 0.25) is 0 Å². The smallest absolute Gasteiger partial charge is 0.317 e. The molecule has 1 aliphatic heterocycles. The number of amides is 3. The molecule has 0 bridgehead atoms. The fourth-order valence-electron chi connectivity index (χ4n) is 4.15. The van der Waals surface area contributed by atoms with Gasteiger partial charge < -0.3 is 15.5 Å². The molecular formula is C22H34N4O2. The summed E-state index contributed by atoms with van der Waals surface area (Å²) < 4.78 is 0. The molecule has 0 aromatic heterocycles. The van der Waals surface area contributed by atoms with Gasteiger partial charge in [-0.1, -0.05) is 49.6 Å². The monoisotopic (exact) mass is 386 g/mol. The summed E-state index contributed by atoms with van der Waals surface area (Å²) in [6.07, 6.45) is 5.92. The Kier molecular flexibility index (Phi) is 7.31. The van der Waals surface area contributed by atoms with Crippen molar-refractivity contribution in [3.8, 4) is 0 Å². The third-order valence-corrected chi connectivity index (χ3v) is 6.12. The van der Waals surface area contributed by atoms with Gasteiger partial charge in [-0.2, -0.15) is 0 Å². The van der Waals surface area contributed by atoms with Crippen molar-refractivity contribution in [1.82, 2.24) is 20.4 Å². The number of piperazine rings is 1. The molecule has 1 saturated carbocycles. The Hall–Kier alpha value is -2.08. The number of nitrogens with zero attached hydrogens (tertiary/aromatic N) is 2. The van der Waals surface area contributed by atoms with Crippen LogP contribution in [0.3, 0.4) is 0 Å². The zero-order valence-electron chi connectivity index (χ0n) is 17.2. The first-order valence-electron chi connectivity index (χ1n) is 10.7. The lowest BCUT2D eigenvalue weighted by atomic mass is 9.96. The summed E-state index contributed by atoms with van der Waals surface area (Å²) in [7, 11) is 0. The third-order valence-electron chi connectivity index (χ3n) is 6.12. The first-order chi connectivity index (χ1) is 13.5. The molecule has 6 nitrogen and oxygen atoms in total. The van der Waals surface area contributed by atoms with Gasteiger partial charge in [0, 0.05) is 32.2 Å². The van der Waals surface area contributed by atoms with Gasteiger partial charge in [-0.3, -0.25) is 9.69 Å². The zero-order valence-corrected chi connectivity index (χ0v) is 17.2. The highest BCUT2D eigenvalue weighted by Gasteiger charge is 2.29. The van der Waals surface area contributed by atoms with Crippen LogP contribution in [0, 0.1) is 0 Å². The first kappa shape index (κ1) is 20.6. The Morgan fingerprint density at radius 1 is 0.964 bits per heavy atom. The van der Waals surface area contributed by atoms with E-state index in [9.17, 15) is 9.59 Å². The minimum absolute atomic E-state index is 0.0151. The summed E-state index contributed by atoms with van der Waals surface area (Å²) >= 11 is 0. The van der Waals surface area contributed by atoms with Crippen LogP contribution in [-0.2, 0) is 4.79 Å². The first-order valence-corrected chi connectivity index (χ1v) is 10.7. The van der Waals surface area contributed by atoms with E-state index in [1.807, 2.05) is 49.1 Å². The molecule has 2 unspecified atom stereocenters. The number of urea groups is 1. The molecule has 1 aromatic rings. The van der Waals surface area contributed by atoms with E-state index >= 15 is 0 Å². The van der Waals surface area contributed by atoms with Gasteiger partial charge >= 0.3 is 6.03 Å². The maximum atomic E-state index is 12.7. The van der Waals surface area contributed by atoms with Gasteiger partial charge in [0.05, 0.1) is 12.1 Å². The fraction of sp³-hybridized carbons (Fsp3) is 0.636. The minimum Gasteiger partial charge on any atom is -0.348 e. The number of rotatable bonds is 5. The lowest BCUT2D eigenvalue weighted by Gasteiger charge is -2.38. The molecular weight excluding hydrogens is 352 g/mol. The summed E-state index contributed by atoms with van der Waals surface area (Å²) in [4.78, 5) is 29.2. The van der Waals surface area contributed by atoms with Gasteiger partial charge in [-0.15, -0.1) is 0 Å². The van der Waals surface area contributed by atoms with Gasteiger partial charge in [0.1, 0.15) is 0 Å². The standard InChI is InChI=1S/C22H34N4O2/c1-17(19-9-5-3-6-10-19)23-21(27)18(2)25-13-15-26(16-14-25)22(28)24-20-11-7-4-8-12-20/h3,5-6,9-10,17-18,20H,4,7-8,11-16H2,1-2H3,(H,23,27)(H,24,28). The second-order valence-corrected chi connectivity index (χ2v) is 8.12. The van der Waals surface area contributed by atoms with Crippen molar-refractivity contribution in [3.63, 3.8) is 0 Å². The van der Waals surface area contributed by atoms with E-state index in [1.54, 1.807) is 0 Å². The van der Waals surface area contributed by atoms with Crippen LogP contribution in [0.4, 0.5) is 4.79 Å². The molecule has 1 saturated heterocycles. The van der Waals surface area contributed by atoms with Crippen molar-refractivity contribution < 1.29 is 9.59 Å².